The molecule has 1 aromatic heterocycles. The van der Waals surface area contributed by atoms with Gasteiger partial charge in [-0.1, -0.05) is 23.8 Å². The highest BCUT2D eigenvalue weighted by Gasteiger charge is 2.17. The summed E-state index contributed by atoms with van der Waals surface area (Å²) in [5.74, 6) is -0.157. The molecule has 19 heavy (non-hydrogen) atoms. The zero-order valence-corrected chi connectivity index (χ0v) is 11.4. The highest BCUT2D eigenvalue weighted by atomic mass is 16.2. The molecule has 1 aromatic carbocycles. The van der Waals surface area contributed by atoms with Crippen molar-refractivity contribution in [2.45, 2.75) is 20.4 Å². The van der Waals surface area contributed by atoms with E-state index in [9.17, 15) is 4.79 Å². The molecule has 0 atom stereocenters. The number of anilines is 1. The second-order valence-corrected chi connectivity index (χ2v) is 4.79. The standard InChI is InChI=1S/C14H18N4O/c1-9-4-5-11(10(2)6-9)8-18(3)14(19)13-12(15)7-16-17-13/h4-7H,8,15H2,1-3H3,(H,16,17). The van der Waals surface area contributed by atoms with Gasteiger partial charge in [0.25, 0.3) is 5.91 Å². The summed E-state index contributed by atoms with van der Waals surface area (Å²) in [4.78, 5) is 13.8. The maximum Gasteiger partial charge on any atom is 0.274 e. The Hall–Kier alpha value is -2.30. The molecule has 0 saturated heterocycles. The van der Waals surface area contributed by atoms with Gasteiger partial charge in [0.1, 0.15) is 5.69 Å². The minimum absolute atomic E-state index is 0.157. The average Bonchev–Trinajstić information content (AvgIpc) is 2.78. The Balaban J connectivity index is 2.15. The molecule has 2 aromatic rings. The van der Waals surface area contributed by atoms with Crippen molar-refractivity contribution in [3.05, 3.63) is 46.8 Å². The SMILES string of the molecule is Cc1ccc(CN(C)C(=O)c2[nH]ncc2N)c(C)c1. The molecule has 0 saturated carbocycles. The van der Waals surface area contributed by atoms with E-state index in [0.717, 1.165) is 5.56 Å². The quantitative estimate of drug-likeness (QED) is 0.882. The Morgan fingerprint density at radius 2 is 2.16 bits per heavy atom. The zero-order valence-electron chi connectivity index (χ0n) is 11.4. The summed E-state index contributed by atoms with van der Waals surface area (Å²) in [7, 11) is 1.75. The number of carbonyl (C=O) groups excluding carboxylic acids is 1. The smallest absolute Gasteiger partial charge is 0.274 e. The lowest BCUT2D eigenvalue weighted by molar-refractivity contribution is 0.0780. The van der Waals surface area contributed by atoms with Crippen LogP contribution in [0.5, 0.6) is 0 Å². The van der Waals surface area contributed by atoms with Crippen LogP contribution in [0.2, 0.25) is 0 Å². The number of nitrogen functional groups attached to an aromatic ring is 1. The van der Waals surface area contributed by atoms with Crippen LogP contribution in [0.25, 0.3) is 0 Å². The minimum Gasteiger partial charge on any atom is -0.396 e. The monoisotopic (exact) mass is 258 g/mol. The molecule has 100 valence electrons. The van der Waals surface area contributed by atoms with E-state index in [0.29, 0.717) is 17.9 Å². The summed E-state index contributed by atoms with van der Waals surface area (Å²) in [5, 5.41) is 6.39. The summed E-state index contributed by atoms with van der Waals surface area (Å²) in [6.07, 6.45) is 1.44. The van der Waals surface area contributed by atoms with E-state index in [1.807, 2.05) is 19.1 Å². The number of rotatable bonds is 3. The second-order valence-electron chi connectivity index (χ2n) is 4.79. The number of aromatic amines is 1. The topological polar surface area (TPSA) is 75.0 Å². The number of aromatic nitrogens is 2. The normalized spacial score (nSPS) is 10.5. The van der Waals surface area contributed by atoms with Crippen LogP contribution in [0.4, 0.5) is 5.69 Å². The van der Waals surface area contributed by atoms with Crippen LogP contribution in [-0.2, 0) is 6.54 Å². The fourth-order valence-electron chi connectivity index (χ4n) is 2.01. The van der Waals surface area contributed by atoms with Gasteiger partial charge in [0.05, 0.1) is 11.9 Å². The third-order valence-electron chi connectivity index (χ3n) is 3.13. The summed E-state index contributed by atoms with van der Waals surface area (Å²) in [6, 6.07) is 6.20. The summed E-state index contributed by atoms with van der Waals surface area (Å²) in [6.45, 7) is 4.64. The van der Waals surface area contributed by atoms with Gasteiger partial charge in [-0.05, 0) is 25.0 Å². The molecule has 0 spiro atoms. The Kier molecular flexibility index (Phi) is 3.55. The molecule has 0 unspecified atom stereocenters. The number of benzene rings is 1. The maximum absolute atomic E-state index is 12.2. The fourth-order valence-corrected chi connectivity index (χ4v) is 2.01. The first kappa shape index (κ1) is 13.1. The Bertz CT molecular complexity index is 603. The lowest BCUT2D eigenvalue weighted by atomic mass is 10.1. The molecule has 0 bridgehead atoms. The van der Waals surface area contributed by atoms with Crippen molar-refractivity contribution in [1.82, 2.24) is 15.1 Å². The van der Waals surface area contributed by atoms with Crippen molar-refractivity contribution in [2.24, 2.45) is 0 Å². The number of nitrogens with two attached hydrogens (primary N) is 1. The van der Waals surface area contributed by atoms with Crippen molar-refractivity contribution in [2.75, 3.05) is 12.8 Å². The molecular weight excluding hydrogens is 240 g/mol. The molecule has 0 aliphatic rings. The van der Waals surface area contributed by atoms with Gasteiger partial charge < -0.3 is 10.6 Å². The number of aryl methyl sites for hydroxylation is 2. The van der Waals surface area contributed by atoms with Gasteiger partial charge in [0.15, 0.2) is 0 Å². The third-order valence-corrected chi connectivity index (χ3v) is 3.13. The number of nitrogens with zero attached hydrogens (tertiary/aromatic N) is 2. The third kappa shape index (κ3) is 2.76. The second kappa shape index (κ2) is 5.14. The van der Waals surface area contributed by atoms with E-state index in [1.54, 1.807) is 11.9 Å². The van der Waals surface area contributed by atoms with E-state index in [-0.39, 0.29) is 5.91 Å². The highest BCUT2D eigenvalue weighted by Crippen LogP contribution is 2.15. The van der Waals surface area contributed by atoms with Gasteiger partial charge in [0, 0.05) is 13.6 Å². The number of hydrogen-bond acceptors (Lipinski definition) is 3. The first-order valence-electron chi connectivity index (χ1n) is 6.09. The Labute approximate surface area is 112 Å². The lowest BCUT2D eigenvalue weighted by Crippen LogP contribution is -2.27. The van der Waals surface area contributed by atoms with Gasteiger partial charge >= 0.3 is 0 Å². The molecule has 0 aliphatic carbocycles. The predicted molar refractivity (Wildman–Crippen MR) is 74.7 cm³/mol. The van der Waals surface area contributed by atoms with E-state index < -0.39 is 0 Å². The predicted octanol–water partition coefficient (Wildman–Crippen LogP) is 1.88. The molecule has 0 aliphatic heterocycles. The van der Waals surface area contributed by atoms with Crippen LogP contribution in [0.3, 0.4) is 0 Å². The number of H-pyrrole nitrogens is 1. The van der Waals surface area contributed by atoms with E-state index in [2.05, 4.69) is 23.2 Å². The molecule has 3 N–H and O–H groups in total. The van der Waals surface area contributed by atoms with Gasteiger partial charge in [-0.3, -0.25) is 9.89 Å². The first-order valence-corrected chi connectivity index (χ1v) is 6.09. The van der Waals surface area contributed by atoms with Gasteiger partial charge in [-0.25, -0.2) is 0 Å². The van der Waals surface area contributed by atoms with Gasteiger partial charge in [-0.15, -0.1) is 0 Å². The van der Waals surface area contributed by atoms with Crippen molar-refractivity contribution in [1.29, 1.82) is 0 Å². The van der Waals surface area contributed by atoms with E-state index in [4.69, 9.17) is 5.73 Å². The molecule has 5 heteroatoms. The molecule has 1 amide bonds. The van der Waals surface area contributed by atoms with Crippen molar-refractivity contribution in [3.63, 3.8) is 0 Å². The first-order chi connectivity index (χ1) is 8.99. The van der Waals surface area contributed by atoms with Crippen molar-refractivity contribution in [3.8, 4) is 0 Å². The minimum atomic E-state index is -0.157. The van der Waals surface area contributed by atoms with E-state index in [1.165, 1.54) is 17.3 Å². The van der Waals surface area contributed by atoms with Crippen molar-refractivity contribution >= 4 is 11.6 Å². The number of carbonyl (C=O) groups is 1. The van der Waals surface area contributed by atoms with Crippen LogP contribution in [0, 0.1) is 13.8 Å². The van der Waals surface area contributed by atoms with E-state index >= 15 is 0 Å². The Morgan fingerprint density at radius 1 is 1.42 bits per heavy atom. The average molecular weight is 258 g/mol. The lowest BCUT2D eigenvalue weighted by Gasteiger charge is -2.18. The fraction of sp³-hybridized carbons (Fsp3) is 0.286. The number of amides is 1. The maximum atomic E-state index is 12.2. The van der Waals surface area contributed by atoms with Crippen LogP contribution >= 0.6 is 0 Å². The molecule has 0 radical (unpaired) electrons. The van der Waals surface area contributed by atoms with Gasteiger partial charge in [0.2, 0.25) is 0 Å². The van der Waals surface area contributed by atoms with Crippen molar-refractivity contribution < 1.29 is 4.79 Å². The van der Waals surface area contributed by atoms with Crippen LogP contribution in [0.1, 0.15) is 27.2 Å². The molecule has 2 rings (SSSR count). The number of nitrogens with one attached hydrogen (secondary N) is 1. The summed E-state index contributed by atoms with van der Waals surface area (Å²) < 4.78 is 0. The largest absolute Gasteiger partial charge is 0.396 e. The highest BCUT2D eigenvalue weighted by molar-refractivity contribution is 5.96. The molecule has 0 fully saturated rings. The van der Waals surface area contributed by atoms with Crippen LogP contribution in [0.15, 0.2) is 24.4 Å². The van der Waals surface area contributed by atoms with Crippen LogP contribution in [-0.4, -0.2) is 28.1 Å². The number of hydrogen-bond donors (Lipinski definition) is 2. The Morgan fingerprint density at radius 3 is 2.74 bits per heavy atom. The van der Waals surface area contributed by atoms with Crippen LogP contribution < -0.4 is 5.73 Å². The molecule has 1 heterocycles. The van der Waals surface area contributed by atoms with Gasteiger partial charge in [-0.2, -0.15) is 5.10 Å². The summed E-state index contributed by atoms with van der Waals surface area (Å²) >= 11 is 0. The summed E-state index contributed by atoms with van der Waals surface area (Å²) in [5.41, 5.74) is 9.91. The molecule has 5 nitrogen and oxygen atoms in total. The zero-order chi connectivity index (χ0) is 14.0. The molecular formula is C14H18N4O.